The molecular formula is C15H19N5O2. The number of aromatic nitrogens is 2. The second kappa shape index (κ2) is 6.15. The summed E-state index contributed by atoms with van der Waals surface area (Å²) in [7, 11) is 0. The van der Waals surface area contributed by atoms with Gasteiger partial charge in [-0.25, -0.2) is 0 Å². The van der Waals surface area contributed by atoms with Crippen LogP contribution in [0.5, 0.6) is 0 Å². The van der Waals surface area contributed by atoms with Crippen LogP contribution in [0.25, 0.3) is 10.9 Å². The maximum Gasteiger partial charge on any atom is 0.241 e. The van der Waals surface area contributed by atoms with Gasteiger partial charge in [0.25, 0.3) is 0 Å². The Kier molecular flexibility index (Phi) is 4.06. The van der Waals surface area contributed by atoms with Crippen molar-refractivity contribution in [2.45, 2.75) is 19.0 Å². The second-order valence-electron chi connectivity index (χ2n) is 5.39. The molecule has 116 valence electrons. The fourth-order valence-electron chi connectivity index (χ4n) is 2.81. The first-order valence-electron chi connectivity index (χ1n) is 7.37. The Balaban J connectivity index is 1.67. The minimum atomic E-state index is -0.560. The van der Waals surface area contributed by atoms with Crippen molar-refractivity contribution < 1.29 is 9.59 Å². The first kappa shape index (κ1) is 14.5. The normalized spacial score (nSPS) is 18.5. The third-order valence-electron chi connectivity index (χ3n) is 3.98. The molecule has 7 heteroatoms. The largest absolute Gasteiger partial charge is 0.368 e. The second-order valence-corrected chi connectivity index (χ2v) is 5.39. The summed E-state index contributed by atoms with van der Waals surface area (Å²) >= 11 is 0. The van der Waals surface area contributed by atoms with Gasteiger partial charge in [-0.1, -0.05) is 18.2 Å². The van der Waals surface area contributed by atoms with E-state index in [9.17, 15) is 9.59 Å². The highest BCUT2D eigenvalue weighted by atomic mass is 16.2. The lowest BCUT2D eigenvalue weighted by atomic mass is 10.1. The minimum Gasteiger partial charge on any atom is -0.368 e. The summed E-state index contributed by atoms with van der Waals surface area (Å²) in [5.41, 5.74) is 6.37. The van der Waals surface area contributed by atoms with Crippen LogP contribution in [0.4, 0.5) is 0 Å². The standard InChI is InChI=1S/C15H19N5O2/c16-15(22)13-10-17-6-8-19(13)14(21)5-7-20-12-4-2-1-3-11(12)9-18-20/h1-4,9,13,17H,5-8,10H2,(H2,16,22)/t13-/m1/s1. The minimum absolute atomic E-state index is 0.0649. The van der Waals surface area contributed by atoms with Gasteiger partial charge in [0.1, 0.15) is 6.04 Å². The van der Waals surface area contributed by atoms with Crippen molar-refractivity contribution in [3.8, 4) is 0 Å². The molecule has 0 bridgehead atoms. The molecule has 1 aliphatic heterocycles. The maximum absolute atomic E-state index is 12.4. The zero-order chi connectivity index (χ0) is 15.5. The van der Waals surface area contributed by atoms with Gasteiger partial charge in [-0.05, 0) is 6.07 Å². The monoisotopic (exact) mass is 301 g/mol. The number of para-hydroxylation sites is 1. The number of hydrogen-bond acceptors (Lipinski definition) is 4. The molecule has 2 amide bonds. The van der Waals surface area contributed by atoms with E-state index in [-0.39, 0.29) is 5.91 Å². The molecule has 2 heterocycles. The number of rotatable bonds is 4. The van der Waals surface area contributed by atoms with E-state index in [0.29, 0.717) is 32.6 Å². The lowest BCUT2D eigenvalue weighted by molar-refractivity contribution is -0.140. The lowest BCUT2D eigenvalue weighted by Gasteiger charge is -2.34. The van der Waals surface area contributed by atoms with Crippen molar-refractivity contribution in [3.63, 3.8) is 0 Å². The Morgan fingerprint density at radius 2 is 2.18 bits per heavy atom. The number of aryl methyl sites for hydroxylation is 1. The zero-order valence-corrected chi connectivity index (χ0v) is 12.2. The molecular weight excluding hydrogens is 282 g/mol. The van der Waals surface area contributed by atoms with Gasteiger partial charge >= 0.3 is 0 Å². The highest BCUT2D eigenvalue weighted by Crippen LogP contribution is 2.14. The number of amides is 2. The van der Waals surface area contributed by atoms with Crippen molar-refractivity contribution in [3.05, 3.63) is 30.5 Å². The van der Waals surface area contributed by atoms with E-state index in [1.54, 1.807) is 11.1 Å². The Labute approximate surface area is 128 Å². The number of carbonyl (C=O) groups excluding carboxylic acids is 2. The smallest absolute Gasteiger partial charge is 0.241 e. The number of primary amides is 1. The average molecular weight is 301 g/mol. The molecule has 0 unspecified atom stereocenters. The number of fused-ring (bicyclic) bond motifs is 1. The van der Waals surface area contributed by atoms with Gasteiger partial charge in [0, 0.05) is 31.4 Å². The predicted octanol–water partition coefficient (Wildman–Crippen LogP) is -0.288. The molecule has 1 saturated heterocycles. The zero-order valence-electron chi connectivity index (χ0n) is 12.2. The van der Waals surface area contributed by atoms with Crippen LogP contribution in [0, 0.1) is 0 Å². The molecule has 0 saturated carbocycles. The van der Waals surface area contributed by atoms with Crippen LogP contribution < -0.4 is 11.1 Å². The van der Waals surface area contributed by atoms with E-state index < -0.39 is 11.9 Å². The summed E-state index contributed by atoms with van der Waals surface area (Å²) in [6.45, 7) is 2.10. The van der Waals surface area contributed by atoms with Gasteiger partial charge in [0.15, 0.2) is 0 Å². The molecule has 22 heavy (non-hydrogen) atoms. The summed E-state index contributed by atoms with van der Waals surface area (Å²) < 4.78 is 1.81. The third kappa shape index (κ3) is 2.80. The van der Waals surface area contributed by atoms with E-state index in [1.165, 1.54) is 0 Å². The number of hydrogen-bond donors (Lipinski definition) is 2. The van der Waals surface area contributed by atoms with Gasteiger partial charge in [-0.2, -0.15) is 5.10 Å². The van der Waals surface area contributed by atoms with E-state index >= 15 is 0 Å². The molecule has 3 N–H and O–H groups in total. The number of piperazine rings is 1. The Morgan fingerprint density at radius 3 is 3.00 bits per heavy atom. The van der Waals surface area contributed by atoms with Crippen molar-refractivity contribution in [2.75, 3.05) is 19.6 Å². The molecule has 1 aliphatic rings. The lowest BCUT2D eigenvalue weighted by Crippen LogP contribution is -2.58. The predicted molar refractivity (Wildman–Crippen MR) is 81.9 cm³/mol. The van der Waals surface area contributed by atoms with E-state index in [4.69, 9.17) is 5.73 Å². The van der Waals surface area contributed by atoms with Crippen LogP contribution in [-0.2, 0) is 16.1 Å². The fraction of sp³-hybridized carbons (Fsp3) is 0.400. The van der Waals surface area contributed by atoms with Crippen LogP contribution in [0.3, 0.4) is 0 Å². The van der Waals surface area contributed by atoms with Crippen LogP contribution in [-0.4, -0.2) is 52.2 Å². The summed E-state index contributed by atoms with van der Waals surface area (Å²) in [4.78, 5) is 25.4. The number of benzene rings is 1. The Morgan fingerprint density at radius 1 is 1.36 bits per heavy atom. The maximum atomic E-state index is 12.4. The Bertz CT molecular complexity index is 696. The Hall–Kier alpha value is -2.41. The first-order valence-corrected chi connectivity index (χ1v) is 7.37. The summed E-state index contributed by atoms with van der Waals surface area (Å²) in [6.07, 6.45) is 2.09. The van der Waals surface area contributed by atoms with E-state index in [0.717, 1.165) is 10.9 Å². The van der Waals surface area contributed by atoms with Gasteiger partial charge in [0.2, 0.25) is 11.8 Å². The average Bonchev–Trinajstić information content (AvgIpc) is 2.96. The van der Waals surface area contributed by atoms with E-state index in [1.807, 2.05) is 28.9 Å². The summed E-state index contributed by atoms with van der Waals surface area (Å²) in [5, 5.41) is 8.44. The molecule has 2 aromatic rings. The van der Waals surface area contributed by atoms with Crippen LogP contribution in [0.15, 0.2) is 30.5 Å². The van der Waals surface area contributed by atoms with Crippen LogP contribution in [0.2, 0.25) is 0 Å². The fourth-order valence-corrected chi connectivity index (χ4v) is 2.81. The molecule has 1 aromatic heterocycles. The molecule has 0 spiro atoms. The molecule has 0 radical (unpaired) electrons. The van der Waals surface area contributed by atoms with Crippen molar-refractivity contribution in [1.82, 2.24) is 20.0 Å². The summed E-state index contributed by atoms with van der Waals surface area (Å²) in [6, 6.07) is 7.30. The molecule has 1 fully saturated rings. The highest BCUT2D eigenvalue weighted by Gasteiger charge is 2.30. The van der Waals surface area contributed by atoms with Crippen LogP contribution >= 0.6 is 0 Å². The number of nitrogens with two attached hydrogens (primary N) is 1. The van der Waals surface area contributed by atoms with Gasteiger partial charge in [0.05, 0.1) is 18.3 Å². The van der Waals surface area contributed by atoms with Crippen LogP contribution in [0.1, 0.15) is 6.42 Å². The summed E-state index contributed by atoms with van der Waals surface area (Å²) in [5.74, 6) is -0.532. The molecule has 0 aliphatic carbocycles. The molecule has 7 nitrogen and oxygen atoms in total. The highest BCUT2D eigenvalue weighted by molar-refractivity contribution is 5.87. The van der Waals surface area contributed by atoms with Crippen molar-refractivity contribution in [1.29, 1.82) is 0 Å². The molecule has 3 rings (SSSR count). The van der Waals surface area contributed by atoms with Gasteiger partial charge < -0.3 is 16.0 Å². The van der Waals surface area contributed by atoms with Crippen molar-refractivity contribution in [2.24, 2.45) is 5.73 Å². The molecule has 1 atom stereocenters. The number of nitrogens with zero attached hydrogens (tertiary/aromatic N) is 3. The number of nitrogens with one attached hydrogen (secondary N) is 1. The van der Waals surface area contributed by atoms with Gasteiger partial charge in [-0.15, -0.1) is 0 Å². The van der Waals surface area contributed by atoms with Gasteiger partial charge in [-0.3, -0.25) is 14.3 Å². The van der Waals surface area contributed by atoms with E-state index in [2.05, 4.69) is 10.4 Å². The quantitative estimate of drug-likeness (QED) is 0.811. The SMILES string of the molecule is NC(=O)[C@H]1CNCCN1C(=O)CCn1ncc2ccccc21. The topological polar surface area (TPSA) is 93.3 Å². The molecule has 1 aromatic carbocycles. The van der Waals surface area contributed by atoms with Crippen molar-refractivity contribution >= 4 is 22.7 Å². The third-order valence-corrected chi connectivity index (χ3v) is 3.98. The number of carbonyl (C=O) groups is 2. The first-order chi connectivity index (χ1) is 10.7.